The van der Waals surface area contributed by atoms with Crippen LogP contribution in [0, 0.1) is 0 Å². The lowest BCUT2D eigenvalue weighted by Gasteiger charge is -2.13. The topological polar surface area (TPSA) is 20.2 Å². The summed E-state index contributed by atoms with van der Waals surface area (Å²) in [6.45, 7) is 2.00. The van der Waals surface area contributed by atoms with E-state index < -0.39 is 6.10 Å². The van der Waals surface area contributed by atoms with Crippen molar-refractivity contribution in [3.05, 3.63) is 72.3 Å². The molecule has 0 aliphatic carbocycles. The Morgan fingerprint density at radius 3 is 2.43 bits per heavy atom. The molecule has 21 heavy (non-hydrogen) atoms. The first-order valence-corrected chi connectivity index (χ1v) is 8.03. The van der Waals surface area contributed by atoms with E-state index in [1.807, 2.05) is 25.1 Å². The number of rotatable bonds is 4. The molecule has 106 valence electrons. The van der Waals surface area contributed by atoms with Gasteiger partial charge in [-0.25, -0.2) is 0 Å². The molecule has 1 N–H and O–H groups in total. The van der Waals surface area contributed by atoms with Crippen molar-refractivity contribution in [2.24, 2.45) is 0 Å². The minimum Gasteiger partial charge on any atom is -0.388 e. The standard InChI is InChI=1S/C19H18OS/c1-2-18(20)17-9-5-6-10-19(17)21-16-12-11-14-7-3-4-8-15(14)13-16/h3-13,18,20H,2H2,1H3. The molecule has 0 bridgehead atoms. The van der Waals surface area contributed by atoms with E-state index in [2.05, 4.69) is 48.5 Å². The largest absolute Gasteiger partial charge is 0.388 e. The van der Waals surface area contributed by atoms with Gasteiger partial charge in [0, 0.05) is 9.79 Å². The van der Waals surface area contributed by atoms with Crippen molar-refractivity contribution in [3.8, 4) is 0 Å². The van der Waals surface area contributed by atoms with Gasteiger partial charge in [-0.15, -0.1) is 0 Å². The molecule has 3 aromatic rings. The molecule has 0 heterocycles. The highest BCUT2D eigenvalue weighted by atomic mass is 32.2. The maximum Gasteiger partial charge on any atom is 0.0798 e. The number of hydrogen-bond donors (Lipinski definition) is 1. The van der Waals surface area contributed by atoms with E-state index in [1.165, 1.54) is 15.7 Å². The zero-order valence-electron chi connectivity index (χ0n) is 12.0. The molecule has 1 unspecified atom stereocenters. The predicted octanol–water partition coefficient (Wildman–Crippen LogP) is 5.43. The first kappa shape index (κ1) is 14.2. The van der Waals surface area contributed by atoms with Crippen molar-refractivity contribution in [1.29, 1.82) is 0 Å². The molecular formula is C19H18OS. The molecule has 0 fully saturated rings. The average Bonchev–Trinajstić information content (AvgIpc) is 2.54. The summed E-state index contributed by atoms with van der Waals surface area (Å²) in [6, 6.07) is 23.0. The summed E-state index contributed by atoms with van der Waals surface area (Å²) in [5.41, 5.74) is 1.01. The quantitative estimate of drug-likeness (QED) is 0.692. The fraction of sp³-hybridized carbons (Fsp3) is 0.158. The maximum absolute atomic E-state index is 10.1. The first-order valence-electron chi connectivity index (χ1n) is 7.21. The van der Waals surface area contributed by atoms with E-state index in [1.54, 1.807) is 11.8 Å². The Kier molecular flexibility index (Phi) is 4.28. The zero-order valence-corrected chi connectivity index (χ0v) is 12.8. The molecule has 0 aliphatic heterocycles. The summed E-state index contributed by atoms with van der Waals surface area (Å²) in [4.78, 5) is 2.33. The monoisotopic (exact) mass is 294 g/mol. The number of aliphatic hydroxyl groups is 1. The normalized spacial score (nSPS) is 12.5. The smallest absolute Gasteiger partial charge is 0.0798 e. The lowest BCUT2D eigenvalue weighted by molar-refractivity contribution is 0.171. The molecule has 0 aromatic heterocycles. The van der Waals surface area contributed by atoms with Gasteiger partial charge in [0.25, 0.3) is 0 Å². The van der Waals surface area contributed by atoms with Crippen LogP contribution in [0.4, 0.5) is 0 Å². The second kappa shape index (κ2) is 6.33. The van der Waals surface area contributed by atoms with Gasteiger partial charge in [-0.05, 0) is 41.0 Å². The highest BCUT2D eigenvalue weighted by Gasteiger charge is 2.11. The Bertz CT molecular complexity index is 751. The molecule has 0 amide bonds. The van der Waals surface area contributed by atoms with Gasteiger partial charge >= 0.3 is 0 Å². The third kappa shape index (κ3) is 3.12. The molecule has 1 nitrogen and oxygen atoms in total. The fourth-order valence-corrected chi connectivity index (χ4v) is 3.47. The number of benzene rings is 3. The lowest BCUT2D eigenvalue weighted by atomic mass is 10.1. The van der Waals surface area contributed by atoms with Crippen molar-refractivity contribution < 1.29 is 5.11 Å². The van der Waals surface area contributed by atoms with E-state index in [0.717, 1.165) is 16.9 Å². The van der Waals surface area contributed by atoms with Gasteiger partial charge in [0.15, 0.2) is 0 Å². The van der Waals surface area contributed by atoms with E-state index in [0.29, 0.717) is 0 Å². The third-order valence-corrected chi connectivity index (χ3v) is 4.69. The van der Waals surface area contributed by atoms with Crippen LogP contribution in [-0.4, -0.2) is 5.11 Å². The third-order valence-electron chi connectivity index (χ3n) is 3.61. The van der Waals surface area contributed by atoms with Crippen LogP contribution in [0.2, 0.25) is 0 Å². The second-order valence-electron chi connectivity index (χ2n) is 5.07. The van der Waals surface area contributed by atoms with Gasteiger partial charge in [-0.1, -0.05) is 67.2 Å². The fourth-order valence-electron chi connectivity index (χ4n) is 2.43. The summed E-state index contributed by atoms with van der Waals surface area (Å²) >= 11 is 1.71. The Morgan fingerprint density at radius 1 is 0.905 bits per heavy atom. The van der Waals surface area contributed by atoms with Crippen LogP contribution in [0.5, 0.6) is 0 Å². The molecule has 0 aliphatic rings. The van der Waals surface area contributed by atoms with E-state index in [9.17, 15) is 5.11 Å². The highest BCUT2D eigenvalue weighted by Crippen LogP contribution is 2.35. The molecular weight excluding hydrogens is 276 g/mol. The molecule has 2 heteroatoms. The molecule has 1 atom stereocenters. The van der Waals surface area contributed by atoms with Crippen molar-refractivity contribution in [2.45, 2.75) is 29.2 Å². The number of hydrogen-bond acceptors (Lipinski definition) is 2. The molecule has 0 saturated carbocycles. The Balaban J connectivity index is 1.95. The lowest BCUT2D eigenvalue weighted by Crippen LogP contribution is -1.96. The number of fused-ring (bicyclic) bond motifs is 1. The minimum atomic E-state index is -0.394. The van der Waals surface area contributed by atoms with Gasteiger partial charge in [-0.2, -0.15) is 0 Å². The van der Waals surface area contributed by atoms with Gasteiger partial charge < -0.3 is 5.11 Å². The van der Waals surface area contributed by atoms with E-state index >= 15 is 0 Å². The summed E-state index contributed by atoms with van der Waals surface area (Å²) in [5, 5.41) is 12.6. The predicted molar refractivity (Wildman–Crippen MR) is 89.8 cm³/mol. The number of aliphatic hydroxyl groups excluding tert-OH is 1. The Labute approximate surface area is 129 Å². The van der Waals surface area contributed by atoms with E-state index in [4.69, 9.17) is 0 Å². The van der Waals surface area contributed by atoms with Crippen LogP contribution in [0.1, 0.15) is 25.0 Å². The molecule has 0 spiro atoms. The van der Waals surface area contributed by atoms with Crippen LogP contribution >= 0.6 is 11.8 Å². The second-order valence-corrected chi connectivity index (χ2v) is 6.19. The van der Waals surface area contributed by atoms with Crippen LogP contribution in [0.3, 0.4) is 0 Å². The van der Waals surface area contributed by atoms with Crippen molar-refractivity contribution in [3.63, 3.8) is 0 Å². The van der Waals surface area contributed by atoms with Crippen LogP contribution in [0.15, 0.2) is 76.5 Å². The summed E-state index contributed by atoms with van der Waals surface area (Å²) in [7, 11) is 0. The van der Waals surface area contributed by atoms with Gasteiger partial charge in [0.1, 0.15) is 0 Å². The highest BCUT2D eigenvalue weighted by molar-refractivity contribution is 7.99. The van der Waals surface area contributed by atoms with E-state index in [-0.39, 0.29) is 0 Å². The summed E-state index contributed by atoms with van der Waals surface area (Å²) in [6.07, 6.45) is 0.337. The molecule has 3 aromatic carbocycles. The summed E-state index contributed by atoms with van der Waals surface area (Å²) in [5.74, 6) is 0. The average molecular weight is 294 g/mol. The summed E-state index contributed by atoms with van der Waals surface area (Å²) < 4.78 is 0. The van der Waals surface area contributed by atoms with Crippen molar-refractivity contribution in [2.75, 3.05) is 0 Å². The van der Waals surface area contributed by atoms with Crippen LogP contribution in [0.25, 0.3) is 10.8 Å². The van der Waals surface area contributed by atoms with Crippen LogP contribution in [-0.2, 0) is 0 Å². The molecule has 3 rings (SSSR count). The first-order chi connectivity index (χ1) is 10.3. The SMILES string of the molecule is CCC(O)c1ccccc1Sc1ccc2ccccc2c1. The maximum atomic E-state index is 10.1. The van der Waals surface area contributed by atoms with Gasteiger partial charge in [0.2, 0.25) is 0 Å². The molecule has 0 radical (unpaired) electrons. The minimum absolute atomic E-state index is 0.394. The molecule has 0 saturated heterocycles. The van der Waals surface area contributed by atoms with Gasteiger partial charge in [-0.3, -0.25) is 0 Å². The zero-order chi connectivity index (χ0) is 14.7. The van der Waals surface area contributed by atoms with Gasteiger partial charge in [0.05, 0.1) is 6.10 Å². The van der Waals surface area contributed by atoms with Crippen molar-refractivity contribution >= 4 is 22.5 Å². The van der Waals surface area contributed by atoms with Crippen LogP contribution < -0.4 is 0 Å². The Morgan fingerprint density at radius 2 is 1.62 bits per heavy atom. The Hall–Kier alpha value is -1.77. The van der Waals surface area contributed by atoms with Crippen molar-refractivity contribution in [1.82, 2.24) is 0 Å².